The summed E-state index contributed by atoms with van der Waals surface area (Å²) in [6.45, 7) is 5.71. The Hall–Kier alpha value is -1.71. The van der Waals surface area contributed by atoms with Crippen LogP contribution in [0.5, 0.6) is 0 Å². The fourth-order valence-corrected chi connectivity index (χ4v) is 2.63. The third-order valence-electron chi connectivity index (χ3n) is 4.79. The van der Waals surface area contributed by atoms with Gasteiger partial charge in [-0.2, -0.15) is 22.0 Å². The number of alkyl halides is 5. The van der Waals surface area contributed by atoms with E-state index in [0.29, 0.717) is 6.92 Å². The van der Waals surface area contributed by atoms with Gasteiger partial charge in [-0.1, -0.05) is 13.5 Å². The number of ether oxygens (including phenoxy) is 3. The van der Waals surface area contributed by atoms with Crippen LogP contribution in [0.3, 0.4) is 0 Å². The molecule has 1 fully saturated rings. The van der Waals surface area contributed by atoms with Crippen molar-refractivity contribution in [3.05, 3.63) is 12.2 Å². The first kappa shape index (κ1) is 22.3. The minimum absolute atomic E-state index is 0.0357. The van der Waals surface area contributed by atoms with E-state index in [0.717, 1.165) is 13.8 Å². The highest BCUT2D eigenvalue weighted by Crippen LogP contribution is 2.60. The first-order valence-electron chi connectivity index (χ1n) is 7.56. The lowest BCUT2D eigenvalue weighted by Gasteiger charge is -2.57. The molecule has 26 heavy (non-hydrogen) atoms. The number of carbonyl (C=O) groups is 2. The molecule has 1 saturated heterocycles. The van der Waals surface area contributed by atoms with Crippen molar-refractivity contribution in [2.24, 2.45) is 5.41 Å². The maximum absolute atomic E-state index is 15.1. The molecule has 3 unspecified atom stereocenters. The molecule has 1 aliphatic rings. The lowest BCUT2D eigenvalue weighted by molar-refractivity contribution is -0.421. The molecule has 1 heterocycles. The summed E-state index contributed by atoms with van der Waals surface area (Å²) in [6, 6.07) is 0. The Morgan fingerprint density at radius 2 is 1.65 bits per heavy atom. The molecule has 3 atom stereocenters. The maximum Gasteiger partial charge on any atom is 0.423 e. The third-order valence-corrected chi connectivity index (χ3v) is 4.79. The van der Waals surface area contributed by atoms with E-state index in [1.54, 1.807) is 0 Å². The van der Waals surface area contributed by atoms with Crippen molar-refractivity contribution >= 4 is 11.9 Å². The zero-order valence-electron chi connectivity index (χ0n) is 15.1. The quantitative estimate of drug-likeness (QED) is 0.420. The van der Waals surface area contributed by atoms with Crippen molar-refractivity contribution in [1.82, 2.24) is 0 Å². The van der Waals surface area contributed by atoms with Gasteiger partial charge in [0.25, 0.3) is 0 Å². The number of hydrogen-bond acceptors (Lipinski definition) is 5. The summed E-state index contributed by atoms with van der Waals surface area (Å²) in [5.41, 5.74) is -8.87. The van der Waals surface area contributed by atoms with Crippen LogP contribution in [0.25, 0.3) is 0 Å². The first-order valence-corrected chi connectivity index (χ1v) is 7.56. The van der Waals surface area contributed by atoms with Gasteiger partial charge < -0.3 is 14.2 Å². The van der Waals surface area contributed by atoms with Crippen molar-refractivity contribution < 1.29 is 45.8 Å². The molecule has 150 valence electrons. The summed E-state index contributed by atoms with van der Waals surface area (Å²) in [5, 5.41) is 0. The number of esters is 2. The van der Waals surface area contributed by atoms with Gasteiger partial charge in [-0.3, -0.25) is 4.79 Å². The van der Waals surface area contributed by atoms with Crippen LogP contribution in [-0.4, -0.2) is 48.5 Å². The number of carbonyl (C=O) groups excluding carboxylic acids is 2. The van der Waals surface area contributed by atoms with E-state index in [-0.39, 0.29) is 12.5 Å². The standard InChI is InChI=1S/C16H21F5O5/c1-9(2)11(23)24-7-12(4)8-25-14(6,16(19,20)21)15(17,18)13(12,5)26-10(3)22/h1,7-8H2,2-6H3. The molecular formula is C16H21F5O5. The minimum atomic E-state index is -5.45. The monoisotopic (exact) mass is 388 g/mol. The highest BCUT2D eigenvalue weighted by Gasteiger charge is 2.82. The molecule has 5 nitrogen and oxygen atoms in total. The summed E-state index contributed by atoms with van der Waals surface area (Å²) in [7, 11) is 0. The lowest BCUT2D eigenvalue weighted by atomic mass is 9.64. The molecule has 0 aromatic carbocycles. The van der Waals surface area contributed by atoms with Crippen LogP contribution in [0.4, 0.5) is 22.0 Å². The average molecular weight is 388 g/mol. The lowest BCUT2D eigenvalue weighted by Crippen LogP contribution is -2.78. The molecule has 0 aliphatic carbocycles. The highest BCUT2D eigenvalue weighted by atomic mass is 19.4. The van der Waals surface area contributed by atoms with Crippen molar-refractivity contribution in [3.8, 4) is 0 Å². The fraction of sp³-hybridized carbons (Fsp3) is 0.750. The van der Waals surface area contributed by atoms with Crippen LogP contribution in [0.2, 0.25) is 0 Å². The second kappa shape index (κ2) is 6.47. The Morgan fingerprint density at radius 3 is 2.04 bits per heavy atom. The maximum atomic E-state index is 15.1. The van der Waals surface area contributed by atoms with E-state index in [4.69, 9.17) is 9.47 Å². The van der Waals surface area contributed by atoms with Crippen LogP contribution >= 0.6 is 0 Å². The number of halogens is 5. The molecule has 0 spiro atoms. The van der Waals surface area contributed by atoms with Crippen molar-refractivity contribution in [3.63, 3.8) is 0 Å². The van der Waals surface area contributed by atoms with Crippen LogP contribution < -0.4 is 0 Å². The van der Waals surface area contributed by atoms with Crippen molar-refractivity contribution in [2.45, 2.75) is 57.9 Å². The molecule has 0 amide bonds. The van der Waals surface area contributed by atoms with Gasteiger partial charge in [0, 0.05) is 12.5 Å². The largest absolute Gasteiger partial charge is 0.462 e. The van der Waals surface area contributed by atoms with Crippen LogP contribution in [-0.2, 0) is 23.8 Å². The third kappa shape index (κ3) is 3.19. The molecule has 0 bridgehead atoms. The molecule has 10 heteroatoms. The van der Waals surface area contributed by atoms with E-state index in [1.165, 1.54) is 6.92 Å². The summed E-state index contributed by atoms with van der Waals surface area (Å²) in [5.74, 6) is -6.83. The van der Waals surface area contributed by atoms with Gasteiger partial charge in [-0.05, 0) is 20.8 Å². The zero-order valence-corrected chi connectivity index (χ0v) is 15.1. The molecule has 0 aromatic heterocycles. The predicted molar refractivity (Wildman–Crippen MR) is 79.4 cm³/mol. The van der Waals surface area contributed by atoms with E-state index in [1.807, 2.05) is 0 Å². The second-order valence-corrected chi connectivity index (χ2v) is 6.94. The Kier molecular flexibility index (Phi) is 5.56. The topological polar surface area (TPSA) is 61.8 Å². The first-order chi connectivity index (χ1) is 11.5. The summed E-state index contributed by atoms with van der Waals surface area (Å²) < 4.78 is 84.2. The van der Waals surface area contributed by atoms with Crippen LogP contribution in [0, 0.1) is 5.41 Å². The normalized spacial score (nSPS) is 34.1. The Labute approximate surface area is 147 Å². The van der Waals surface area contributed by atoms with Gasteiger partial charge in [0.2, 0.25) is 5.60 Å². The van der Waals surface area contributed by atoms with E-state index in [2.05, 4.69) is 11.3 Å². The number of rotatable bonds is 4. The number of hydrogen-bond donors (Lipinski definition) is 0. The molecular weight excluding hydrogens is 367 g/mol. The van der Waals surface area contributed by atoms with Gasteiger partial charge in [0.15, 0.2) is 5.60 Å². The highest BCUT2D eigenvalue weighted by molar-refractivity contribution is 5.86. The van der Waals surface area contributed by atoms with Gasteiger partial charge in [-0.15, -0.1) is 0 Å². The van der Waals surface area contributed by atoms with Gasteiger partial charge in [0.1, 0.15) is 6.61 Å². The van der Waals surface area contributed by atoms with E-state index in [9.17, 15) is 22.8 Å². The SMILES string of the molecule is C=C(C)C(=O)OCC1(C)COC(C)(C(F)(F)F)C(F)(F)C1(C)OC(C)=O. The van der Waals surface area contributed by atoms with Gasteiger partial charge >= 0.3 is 24.0 Å². The summed E-state index contributed by atoms with van der Waals surface area (Å²) in [4.78, 5) is 23.0. The van der Waals surface area contributed by atoms with Gasteiger partial charge in [-0.25, -0.2) is 4.79 Å². The second-order valence-electron chi connectivity index (χ2n) is 6.94. The molecule has 0 N–H and O–H groups in total. The van der Waals surface area contributed by atoms with E-state index >= 15 is 8.78 Å². The molecule has 0 radical (unpaired) electrons. The zero-order chi connectivity index (χ0) is 20.8. The predicted octanol–water partition coefficient (Wildman–Crippen LogP) is 3.42. The molecule has 1 rings (SSSR count). The minimum Gasteiger partial charge on any atom is -0.462 e. The van der Waals surface area contributed by atoms with Crippen molar-refractivity contribution in [2.75, 3.05) is 13.2 Å². The Balaban J connectivity index is 3.44. The van der Waals surface area contributed by atoms with Crippen LogP contribution in [0.1, 0.15) is 34.6 Å². The summed E-state index contributed by atoms with van der Waals surface area (Å²) in [6.07, 6.45) is -5.45. The molecule has 0 saturated carbocycles. The summed E-state index contributed by atoms with van der Waals surface area (Å²) >= 11 is 0. The van der Waals surface area contributed by atoms with Gasteiger partial charge in [0.05, 0.1) is 12.0 Å². The smallest absolute Gasteiger partial charge is 0.423 e. The Morgan fingerprint density at radius 1 is 1.15 bits per heavy atom. The van der Waals surface area contributed by atoms with E-state index < -0.39 is 53.9 Å². The van der Waals surface area contributed by atoms with Crippen molar-refractivity contribution in [1.29, 1.82) is 0 Å². The molecule has 1 aliphatic heterocycles. The Bertz CT molecular complexity index is 617. The fourth-order valence-electron chi connectivity index (χ4n) is 2.63. The van der Waals surface area contributed by atoms with Crippen LogP contribution in [0.15, 0.2) is 12.2 Å². The average Bonchev–Trinajstić information content (AvgIpc) is 2.46. The molecule has 0 aromatic rings.